The van der Waals surface area contributed by atoms with E-state index >= 15 is 0 Å². The number of hydrogen-bond donors (Lipinski definition) is 2. The van der Waals surface area contributed by atoms with Crippen LogP contribution in [0, 0.1) is 0 Å². The number of benzene rings is 1. The van der Waals surface area contributed by atoms with Crippen LogP contribution in [0.1, 0.15) is 45.9 Å². The van der Waals surface area contributed by atoms with Gasteiger partial charge in [0.2, 0.25) is 0 Å². The highest BCUT2D eigenvalue weighted by atomic mass is 16.3. The molecule has 1 aromatic heterocycles. The molecule has 0 spiro atoms. The summed E-state index contributed by atoms with van der Waals surface area (Å²) in [6, 6.07) is 8.68. The fraction of sp³-hybridized carbons (Fsp3) is 0.250. The van der Waals surface area contributed by atoms with E-state index in [2.05, 4.69) is 24.7 Å². The maximum atomic E-state index is 12.0. The first-order chi connectivity index (χ1) is 10.2. The van der Waals surface area contributed by atoms with E-state index in [-0.39, 0.29) is 11.7 Å². The van der Waals surface area contributed by atoms with Gasteiger partial charge >= 0.3 is 5.91 Å². The average Bonchev–Trinajstić information content (AvgIpc) is 3.06. The first-order valence-corrected chi connectivity index (χ1v) is 6.91. The average molecular weight is 286 g/mol. The van der Waals surface area contributed by atoms with E-state index in [0.717, 1.165) is 18.4 Å². The van der Waals surface area contributed by atoms with Crippen LogP contribution >= 0.6 is 0 Å². The molecule has 2 N–H and O–H groups in total. The molecule has 1 aromatic carbocycles. The van der Waals surface area contributed by atoms with E-state index in [4.69, 9.17) is 4.42 Å². The molecule has 0 radical (unpaired) electrons. The Morgan fingerprint density at radius 2 is 1.71 bits per heavy atom. The topological polar surface area (TPSA) is 71.3 Å². The van der Waals surface area contributed by atoms with Crippen LogP contribution in [0.4, 0.5) is 0 Å². The number of hydrogen-bond acceptors (Lipinski definition) is 3. The molecule has 21 heavy (non-hydrogen) atoms. The largest absolute Gasteiger partial charge is 0.459 e. The van der Waals surface area contributed by atoms with Gasteiger partial charge in [-0.2, -0.15) is 0 Å². The molecule has 0 unspecified atom stereocenters. The van der Waals surface area contributed by atoms with Gasteiger partial charge in [-0.15, -0.1) is 0 Å². The molecule has 2 rings (SSSR count). The van der Waals surface area contributed by atoms with Gasteiger partial charge < -0.3 is 4.42 Å². The highest BCUT2D eigenvalue weighted by Crippen LogP contribution is 2.13. The lowest BCUT2D eigenvalue weighted by Gasteiger charge is -2.10. The van der Waals surface area contributed by atoms with Crippen molar-refractivity contribution in [2.24, 2.45) is 0 Å². The van der Waals surface area contributed by atoms with Crippen LogP contribution in [0.15, 0.2) is 41.0 Å². The second-order valence-electron chi connectivity index (χ2n) is 4.58. The van der Waals surface area contributed by atoms with E-state index in [1.807, 2.05) is 12.1 Å². The zero-order valence-electron chi connectivity index (χ0n) is 12.1. The minimum absolute atomic E-state index is 0.144. The molecule has 0 aliphatic rings. The molecule has 1 heterocycles. The van der Waals surface area contributed by atoms with Crippen LogP contribution in [-0.2, 0) is 12.8 Å². The minimum Gasteiger partial charge on any atom is -0.459 e. The standard InChI is InChI=1S/C16H18N2O3/c1-3-11-7-8-13(10-12(11)4-2)15(19)17-18-16(20)14-6-5-9-21-14/h5-10H,3-4H2,1-2H3,(H,17,19)(H,18,20). The highest BCUT2D eigenvalue weighted by Gasteiger charge is 2.12. The summed E-state index contributed by atoms with van der Waals surface area (Å²) < 4.78 is 4.94. The molecule has 2 aromatic rings. The number of rotatable bonds is 4. The van der Waals surface area contributed by atoms with Crippen molar-refractivity contribution in [1.82, 2.24) is 10.9 Å². The maximum absolute atomic E-state index is 12.0. The van der Waals surface area contributed by atoms with E-state index in [1.54, 1.807) is 12.1 Å². The summed E-state index contributed by atoms with van der Waals surface area (Å²) in [7, 11) is 0. The normalized spacial score (nSPS) is 10.2. The first kappa shape index (κ1) is 14.8. The predicted molar refractivity (Wildman–Crippen MR) is 78.8 cm³/mol. The molecule has 0 aliphatic heterocycles. The Morgan fingerprint density at radius 1 is 1.00 bits per heavy atom. The van der Waals surface area contributed by atoms with Crippen molar-refractivity contribution in [2.75, 3.05) is 0 Å². The van der Waals surface area contributed by atoms with Gasteiger partial charge in [-0.05, 0) is 48.2 Å². The molecule has 0 bridgehead atoms. The molecule has 0 saturated carbocycles. The van der Waals surface area contributed by atoms with Crippen molar-refractivity contribution in [1.29, 1.82) is 0 Å². The summed E-state index contributed by atoms with van der Waals surface area (Å²) in [4.78, 5) is 23.7. The van der Waals surface area contributed by atoms with Gasteiger partial charge in [-0.3, -0.25) is 20.4 Å². The first-order valence-electron chi connectivity index (χ1n) is 6.91. The van der Waals surface area contributed by atoms with Gasteiger partial charge in [0.25, 0.3) is 5.91 Å². The maximum Gasteiger partial charge on any atom is 0.305 e. The third-order valence-corrected chi connectivity index (χ3v) is 3.26. The summed E-state index contributed by atoms with van der Waals surface area (Å²) in [5, 5.41) is 0. The zero-order chi connectivity index (χ0) is 15.2. The number of aryl methyl sites for hydroxylation is 2. The van der Waals surface area contributed by atoms with Gasteiger partial charge in [0.15, 0.2) is 5.76 Å². The quantitative estimate of drug-likeness (QED) is 0.848. The van der Waals surface area contributed by atoms with Crippen molar-refractivity contribution >= 4 is 11.8 Å². The van der Waals surface area contributed by atoms with Gasteiger partial charge in [0.05, 0.1) is 6.26 Å². The monoisotopic (exact) mass is 286 g/mol. The zero-order valence-corrected chi connectivity index (χ0v) is 12.1. The van der Waals surface area contributed by atoms with Crippen LogP contribution < -0.4 is 10.9 Å². The molecule has 0 aliphatic carbocycles. The molecular weight excluding hydrogens is 268 g/mol. The summed E-state index contributed by atoms with van der Waals surface area (Å²) in [6.07, 6.45) is 3.19. The van der Waals surface area contributed by atoms with Crippen LogP contribution in [-0.4, -0.2) is 11.8 Å². The van der Waals surface area contributed by atoms with Crippen molar-refractivity contribution in [2.45, 2.75) is 26.7 Å². The lowest BCUT2D eigenvalue weighted by Crippen LogP contribution is -2.41. The third kappa shape index (κ3) is 3.51. The number of amides is 2. The fourth-order valence-corrected chi connectivity index (χ4v) is 2.10. The lowest BCUT2D eigenvalue weighted by molar-refractivity contribution is 0.0831. The van der Waals surface area contributed by atoms with Crippen LogP contribution in [0.5, 0.6) is 0 Å². The molecule has 110 valence electrons. The summed E-state index contributed by atoms with van der Waals surface area (Å²) in [5.74, 6) is -0.701. The molecule has 0 atom stereocenters. The van der Waals surface area contributed by atoms with E-state index in [9.17, 15) is 9.59 Å². The Hall–Kier alpha value is -2.56. The summed E-state index contributed by atoms with van der Waals surface area (Å²) >= 11 is 0. The second kappa shape index (κ2) is 6.74. The Bertz CT molecular complexity index is 633. The predicted octanol–water partition coefficient (Wildman–Crippen LogP) is 2.48. The van der Waals surface area contributed by atoms with E-state index in [0.29, 0.717) is 5.56 Å². The summed E-state index contributed by atoms with van der Waals surface area (Å²) in [5.41, 5.74) is 7.58. The minimum atomic E-state index is -0.491. The SMILES string of the molecule is CCc1ccc(C(=O)NNC(=O)c2ccco2)cc1CC. The molecule has 0 saturated heterocycles. The number of hydrazine groups is 1. The van der Waals surface area contributed by atoms with Gasteiger partial charge in [-0.1, -0.05) is 19.9 Å². The smallest absolute Gasteiger partial charge is 0.305 e. The van der Waals surface area contributed by atoms with Crippen LogP contribution in [0.25, 0.3) is 0 Å². The van der Waals surface area contributed by atoms with Crippen molar-refractivity contribution in [3.8, 4) is 0 Å². The Balaban J connectivity index is 2.02. The molecule has 5 heteroatoms. The van der Waals surface area contributed by atoms with Crippen LogP contribution in [0.2, 0.25) is 0 Å². The highest BCUT2D eigenvalue weighted by molar-refractivity contribution is 5.98. The van der Waals surface area contributed by atoms with Crippen molar-refractivity contribution in [3.63, 3.8) is 0 Å². The Kier molecular flexibility index (Phi) is 4.77. The fourth-order valence-electron chi connectivity index (χ4n) is 2.10. The number of nitrogens with one attached hydrogen (secondary N) is 2. The van der Waals surface area contributed by atoms with Crippen molar-refractivity contribution in [3.05, 3.63) is 59.0 Å². The van der Waals surface area contributed by atoms with Gasteiger partial charge in [0, 0.05) is 5.56 Å². The van der Waals surface area contributed by atoms with Gasteiger partial charge in [0.1, 0.15) is 0 Å². The molecule has 0 fully saturated rings. The number of furan rings is 1. The van der Waals surface area contributed by atoms with E-state index in [1.165, 1.54) is 17.9 Å². The van der Waals surface area contributed by atoms with Crippen LogP contribution in [0.3, 0.4) is 0 Å². The molecule has 5 nitrogen and oxygen atoms in total. The van der Waals surface area contributed by atoms with E-state index < -0.39 is 5.91 Å². The van der Waals surface area contributed by atoms with Gasteiger partial charge in [-0.25, -0.2) is 0 Å². The number of carbonyl (C=O) groups is 2. The lowest BCUT2D eigenvalue weighted by atomic mass is 10.00. The molecule has 2 amide bonds. The Labute approximate surface area is 123 Å². The second-order valence-corrected chi connectivity index (χ2v) is 4.58. The third-order valence-electron chi connectivity index (χ3n) is 3.26. The molecular formula is C16H18N2O3. The Morgan fingerprint density at radius 3 is 2.33 bits per heavy atom. The number of carbonyl (C=O) groups excluding carboxylic acids is 2. The van der Waals surface area contributed by atoms with Crippen molar-refractivity contribution < 1.29 is 14.0 Å². The summed E-state index contributed by atoms with van der Waals surface area (Å²) in [6.45, 7) is 4.13.